The number of rotatable bonds is 4. The Morgan fingerprint density at radius 3 is 2.59 bits per heavy atom. The number of aryl methyl sites for hydroxylation is 1. The van der Waals surface area contributed by atoms with Crippen LogP contribution in [0.3, 0.4) is 0 Å². The van der Waals surface area contributed by atoms with Gasteiger partial charge in [0, 0.05) is 48.0 Å². The molecule has 3 aromatic heterocycles. The Labute approximate surface area is 208 Å². The van der Waals surface area contributed by atoms with E-state index in [9.17, 15) is 18.0 Å². The van der Waals surface area contributed by atoms with Crippen molar-refractivity contribution < 1.29 is 22.3 Å². The molecule has 0 spiro atoms. The Hall–Kier alpha value is -3.60. The minimum Gasteiger partial charge on any atom is -0.373 e. The van der Waals surface area contributed by atoms with Gasteiger partial charge < -0.3 is 4.74 Å². The zero-order valence-corrected chi connectivity index (χ0v) is 19.9. The predicted molar refractivity (Wildman–Crippen MR) is 126 cm³/mol. The number of aromatic nitrogens is 5. The van der Waals surface area contributed by atoms with Crippen LogP contribution in [0.5, 0.6) is 0 Å². The molecular weight excluding hydrogens is 490 g/mol. The van der Waals surface area contributed by atoms with Crippen molar-refractivity contribution in [1.82, 2.24) is 24.5 Å². The Balaban J connectivity index is 1.43. The molecule has 2 fully saturated rings. The van der Waals surface area contributed by atoms with Crippen LogP contribution in [0, 0.1) is 5.82 Å². The molecule has 0 N–H and O–H groups in total. The number of fused-ring (bicyclic) bond motifs is 1. The van der Waals surface area contributed by atoms with Crippen LogP contribution in [0.4, 0.5) is 17.6 Å². The first kappa shape index (κ1) is 23.8. The number of nitrogens with zero attached hydrogens (tertiary/aromatic N) is 5. The molecular formula is C26H23F4N5O2. The third-order valence-electron chi connectivity index (χ3n) is 7.13. The highest BCUT2D eigenvalue weighted by Crippen LogP contribution is 2.41. The fourth-order valence-corrected chi connectivity index (χ4v) is 4.91. The van der Waals surface area contributed by atoms with Crippen LogP contribution in [0.2, 0.25) is 0 Å². The van der Waals surface area contributed by atoms with Gasteiger partial charge in [0.15, 0.2) is 0 Å². The van der Waals surface area contributed by atoms with Gasteiger partial charge in [0.1, 0.15) is 5.82 Å². The number of hydrogen-bond acceptors (Lipinski definition) is 5. The topological polar surface area (TPSA) is 74.8 Å². The highest BCUT2D eigenvalue weighted by Gasteiger charge is 2.33. The van der Waals surface area contributed by atoms with Gasteiger partial charge in [0.05, 0.1) is 41.2 Å². The molecule has 0 radical (unpaired) electrons. The van der Waals surface area contributed by atoms with Crippen LogP contribution in [0.1, 0.15) is 60.6 Å². The summed E-state index contributed by atoms with van der Waals surface area (Å²) < 4.78 is 63.6. The smallest absolute Gasteiger partial charge is 0.373 e. The standard InChI is InChI=1S/C26H23F4N5O2/c1-34-25(36)19-10-22(14-6-7-37-23(8-14)15-11-32-35(13-15)17-3-4-17)33-24(20(19)12-31-34)18-5-2-16(9-21(18)27)26(28,29)30/h2,5,9-14,17,23H,3-4,6-8H2,1H3/t14-,23+/m1/s1. The van der Waals surface area contributed by atoms with E-state index in [1.807, 2.05) is 17.1 Å². The van der Waals surface area contributed by atoms with Crippen molar-refractivity contribution in [3.8, 4) is 11.3 Å². The van der Waals surface area contributed by atoms with Crippen molar-refractivity contribution in [3.05, 3.63) is 75.8 Å². The SMILES string of the molecule is Cn1ncc2c(-c3ccc(C(F)(F)F)cc3F)nc([C@@H]3CCO[C@H](c4cnn(C5CC5)c4)C3)cc2c1=O. The molecule has 0 unspecified atom stereocenters. The first-order valence-electron chi connectivity index (χ1n) is 12.1. The third-order valence-corrected chi connectivity index (χ3v) is 7.13. The van der Waals surface area contributed by atoms with Crippen molar-refractivity contribution in [2.75, 3.05) is 6.61 Å². The fourth-order valence-electron chi connectivity index (χ4n) is 4.91. The molecule has 2 aliphatic rings. The summed E-state index contributed by atoms with van der Waals surface area (Å²) in [6.07, 6.45) is 3.74. The van der Waals surface area contributed by atoms with E-state index in [2.05, 4.69) is 10.2 Å². The van der Waals surface area contributed by atoms with Crippen molar-refractivity contribution in [2.45, 2.75) is 49.9 Å². The van der Waals surface area contributed by atoms with E-state index < -0.39 is 23.1 Å². The molecule has 1 saturated heterocycles. The molecule has 0 bridgehead atoms. The summed E-state index contributed by atoms with van der Waals surface area (Å²) in [5.41, 5.74) is 0.00328. The van der Waals surface area contributed by atoms with Crippen LogP contribution in [0.15, 0.2) is 47.7 Å². The first-order chi connectivity index (χ1) is 17.7. The summed E-state index contributed by atoms with van der Waals surface area (Å²) >= 11 is 0. The molecule has 6 rings (SSSR count). The van der Waals surface area contributed by atoms with Gasteiger partial charge in [-0.3, -0.25) is 14.5 Å². The molecule has 4 aromatic rings. The lowest BCUT2D eigenvalue weighted by molar-refractivity contribution is -0.137. The summed E-state index contributed by atoms with van der Waals surface area (Å²) in [5.74, 6) is -1.18. The Morgan fingerprint density at radius 1 is 1.05 bits per heavy atom. The Morgan fingerprint density at radius 2 is 1.86 bits per heavy atom. The van der Waals surface area contributed by atoms with Gasteiger partial charge in [-0.1, -0.05) is 0 Å². The molecule has 1 aliphatic carbocycles. The monoisotopic (exact) mass is 513 g/mol. The first-order valence-corrected chi connectivity index (χ1v) is 12.1. The summed E-state index contributed by atoms with van der Waals surface area (Å²) in [6.45, 7) is 0.460. The zero-order valence-electron chi connectivity index (χ0n) is 19.9. The highest BCUT2D eigenvalue weighted by molar-refractivity contribution is 5.94. The second-order valence-corrected chi connectivity index (χ2v) is 9.69. The van der Waals surface area contributed by atoms with E-state index in [4.69, 9.17) is 9.72 Å². The number of ether oxygens (including phenoxy) is 1. The molecule has 4 heterocycles. The number of pyridine rings is 1. The predicted octanol–water partition coefficient (Wildman–Crippen LogP) is 5.32. The number of alkyl halides is 3. The summed E-state index contributed by atoms with van der Waals surface area (Å²) in [7, 11) is 1.50. The minimum atomic E-state index is -4.68. The molecule has 37 heavy (non-hydrogen) atoms. The molecule has 1 saturated carbocycles. The summed E-state index contributed by atoms with van der Waals surface area (Å²) in [5, 5.41) is 9.03. The van der Waals surface area contributed by atoms with Crippen molar-refractivity contribution in [2.24, 2.45) is 7.05 Å². The average Bonchev–Trinajstić information content (AvgIpc) is 3.61. The van der Waals surface area contributed by atoms with Crippen LogP contribution < -0.4 is 5.56 Å². The number of benzene rings is 1. The van der Waals surface area contributed by atoms with E-state index in [0.29, 0.717) is 37.3 Å². The molecule has 192 valence electrons. The molecule has 0 amide bonds. The van der Waals surface area contributed by atoms with Crippen molar-refractivity contribution in [3.63, 3.8) is 0 Å². The van der Waals surface area contributed by atoms with Gasteiger partial charge in [-0.05, 0) is 49.9 Å². The summed E-state index contributed by atoms with van der Waals surface area (Å²) in [4.78, 5) is 17.7. The van der Waals surface area contributed by atoms with Gasteiger partial charge in [-0.15, -0.1) is 0 Å². The third kappa shape index (κ3) is 4.41. The minimum absolute atomic E-state index is 0.0912. The Bertz CT molecular complexity index is 1560. The van der Waals surface area contributed by atoms with Crippen LogP contribution in [-0.2, 0) is 18.0 Å². The molecule has 1 aliphatic heterocycles. The summed E-state index contributed by atoms with van der Waals surface area (Å²) in [6, 6.07) is 4.45. The van der Waals surface area contributed by atoms with Crippen molar-refractivity contribution in [1.29, 1.82) is 0 Å². The van der Waals surface area contributed by atoms with E-state index >= 15 is 4.39 Å². The quantitative estimate of drug-likeness (QED) is 0.346. The van der Waals surface area contributed by atoms with Crippen LogP contribution >= 0.6 is 0 Å². The maximum atomic E-state index is 15.0. The second-order valence-electron chi connectivity index (χ2n) is 9.69. The van der Waals surface area contributed by atoms with Crippen LogP contribution in [-0.4, -0.2) is 31.2 Å². The van der Waals surface area contributed by atoms with Crippen molar-refractivity contribution >= 4 is 10.8 Å². The second kappa shape index (κ2) is 8.76. The largest absolute Gasteiger partial charge is 0.416 e. The van der Waals surface area contributed by atoms with Gasteiger partial charge in [-0.2, -0.15) is 23.4 Å². The lowest BCUT2D eigenvalue weighted by Gasteiger charge is -2.29. The van der Waals surface area contributed by atoms with E-state index in [0.717, 1.165) is 35.2 Å². The molecule has 11 heteroatoms. The fraction of sp³-hybridized carbons (Fsp3) is 0.385. The lowest BCUT2D eigenvalue weighted by Crippen LogP contribution is -2.22. The number of hydrogen-bond donors (Lipinski definition) is 0. The lowest BCUT2D eigenvalue weighted by atomic mass is 9.89. The van der Waals surface area contributed by atoms with Gasteiger partial charge in [-0.25, -0.2) is 9.07 Å². The Kier molecular flexibility index (Phi) is 5.63. The normalized spacial score (nSPS) is 20.5. The van der Waals surface area contributed by atoms with Gasteiger partial charge in [0.25, 0.3) is 5.56 Å². The van der Waals surface area contributed by atoms with Gasteiger partial charge >= 0.3 is 6.18 Å². The maximum absolute atomic E-state index is 15.0. The molecule has 1 aromatic carbocycles. The molecule has 2 atom stereocenters. The van der Waals surface area contributed by atoms with E-state index in [1.165, 1.54) is 13.2 Å². The van der Waals surface area contributed by atoms with E-state index in [1.54, 1.807) is 6.07 Å². The van der Waals surface area contributed by atoms with Gasteiger partial charge in [0.2, 0.25) is 0 Å². The zero-order chi connectivity index (χ0) is 25.9. The maximum Gasteiger partial charge on any atom is 0.416 e. The number of halogens is 4. The highest BCUT2D eigenvalue weighted by atomic mass is 19.4. The van der Waals surface area contributed by atoms with E-state index in [-0.39, 0.29) is 34.1 Å². The average molecular weight is 513 g/mol. The van der Waals surface area contributed by atoms with Crippen LogP contribution in [0.25, 0.3) is 22.0 Å². The molecule has 7 nitrogen and oxygen atoms in total.